The Morgan fingerprint density at radius 1 is 1.38 bits per heavy atom. The zero-order valence-corrected chi connectivity index (χ0v) is 16.4. The van der Waals surface area contributed by atoms with Crippen LogP contribution in [-0.2, 0) is 9.84 Å². The Labute approximate surface area is 159 Å². The summed E-state index contributed by atoms with van der Waals surface area (Å²) in [7, 11) is -3.23. The Hall–Kier alpha value is -1.35. The van der Waals surface area contributed by atoms with E-state index in [-0.39, 0.29) is 27.8 Å². The summed E-state index contributed by atoms with van der Waals surface area (Å²) in [5.41, 5.74) is 11.7. The van der Waals surface area contributed by atoms with E-state index in [9.17, 15) is 18.3 Å². The maximum atomic E-state index is 12.3. The quantitative estimate of drug-likeness (QED) is 0.466. The number of nitrogens with two attached hydrogens (primary N) is 2. The lowest BCUT2D eigenvalue weighted by molar-refractivity contribution is 0.0960. The summed E-state index contributed by atoms with van der Waals surface area (Å²) in [5.74, 6) is 0.0727. The Bertz CT molecular complexity index is 762. The van der Waals surface area contributed by atoms with Gasteiger partial charge in [0.1, 0.15) is 11.1 Å². The van der Waals surface area contributed by atoms with Crippen LogP contribution in [-0.4, -0.2) is 55.5 Å². The minimum absolute atomic E-state index is 0.151. The van der Waals surface area contributed by atoms with Gasteiger partial charge in [0.25, 0.3) is 0 Å². The van der Waals surface area contributed by atoms with Gasteiger partial charge < -0.3 is 21.5 Å². The van der Waals surface area contributed by atoms with Gasteiger partial charge >= 0.3 is 0 Å². The highest BCUT2D eigenvalue weighted by atomic mass is 35.5. The van der Waals surface area contributed by atoms with E-state index in [0.717, 1.165) is 32.2 Å². The third kappa shape index (κ3) is 5.57. The van der Waals surface area contributed by atoms with Crippen molar-refractivity contribution in [3.05, 3.63) is 22.7 Å². The van der Waals surface area contributed by atoms with Crippen LogP contribution in [0.2, 0.25) is 5.02 Å². The summed E-state index contributed by atoms with van der Waals surface area (Å²) in [4.78, 5) is 14.4. The number of halogens is 1. The molecule has 26 heavy (non-hydrogen) atoms. The lowest BCUT2D eigenvalue weighted by Gasteiger charge is -2.33. The van der Waals surface area contributed by atoms with Gasteiger partial charge in [0.2, 0.25) is 0 Å². The number of benzene rings is 1. The number of carbonyl (C=O) groups is 1. The van der Waals surface area contributed by atoms with Gasteiger partial charge in [0, 0.05) is 25.3 Å². The van der Waals surface area contributed by atoms with Crippen LogP contribution in [0.4, 0.5) is 5.69 Å². The minimum atomic E-state index is -3.23. The zero-order chi connectivity index (χ0) is 19.5. The molecule has 1 fully saturated rings. The number of phenolic OH excluding ortho intramolecular Hbond substituents is 1. The Morgan fingerprint density at radius 2 is 2.00 bits per heavy atom. The third-order valence-electron chi connectivity index (χ3n) is 4.89. The second kappa shape index (κ2) is 8.56. The van der Waals surface area contributed by atoms with Crippen LogP contribution in [0, 0.1) is 5.92 Å². The van der Waals surface area contributed by atoms with Crippen molar-refractivity contribution in [2.75, 3.05) is 31.6 Å². The van der Waals surface area contributed by atoms with Crippen LogP contribution in [0.3, 0.4) is 0 Å². The van der Waals surface area contributed by atoms with Crippen LogP contribution in [0.15, 0.2) is 12.1 Å². The molecule has 1 unspecified atom stereocenters. The normalized spacial score (nSPS) is 18.0. The van der Waals surface area contributed by atoms with E-state index in [2.05, 4.69) is 4.90 Å². The number of piperidine rings is 1. The van der Waals surface area contributed by atoms with E-state index in [4.69, 9.17) is 23.1 Å². The van der Waals surface area contributed by atoms with Crippen LogP contribution >= 0.6 is 11.6 Å². The molecule has 5 N–H and O–H groups in total. The molecule has 1 atom stereocenters. The molecule has 2 rings (SSSR count). The summed E-state index contributed by atoms with van der Waals surface area (Å²) >= 11 is 5.92. The predicted molar refractivity (Wildman–Crippen MR) is 103 cm³/mol. The largest absolute Gasteiger partial charge is 0.507 e. The highest BCUT2D eigenvalue weighted by Gasteiger charge is 2.25. The second-order valence-corrected chi connectivity index (χ2v) is 9.64. The molecule has 1 saturated heterocycles. The maximum absolute atomic E-state index is 12.3. The number of ketones is 1. The lowest BCUT2D eigenvalue weighted by Crippen LogP contribution is -2.45. The molecule has 1 aromatic rings. The van der Waals surface area contributed by atoms with Gasteiger partial charge in [-0.25, -0.2) is 8.42 Å². The standard InChI is InChI=1S/C17H26ClN3O4S/c1-26(24,25)17(20)10-21-6-4-11(5-7-21)2-3-15(22)12-8-13(18)14(19)9-16(12)23/h8-9,11,17,23H,2-7,10,19-20H2,1H3. The molecule has 0 amide bonds. The molecule has 0 saturated carbocycles. The van der Waals surface area contributed by atoms with Gasteiger partial charge in [-0.1, -0.05) is 11.6 Å². The summed E-state index contributed by atoms with van der Waals surface area (Å²) in [5, 5.41) is 9.27. The number of sulfone groups is 1. The number of carbonyl (C=O) groups excluding carboxylic acids is 1. The fraction of sp³-hybridized carbons (Fsp3) is 0.588. The fourth-order valence-electron chi connectivity index (χ4n) is 3.12. The third-order valence-corrected chi connectivity index (χ3v) is 6.47. The summed E-state index contributed by atoms with van der Waals surface area (Å²) in [6.07, 6.45) is 3.96. The number of nitrogen functional groups attached to an aromatic ring is 1. The van der Waals surface area contributed by atoms with E-state index in [1.165, 1.54) is 12.1 Å². The molecule has 0 bridgehead atoms. The summed E-state index contributed by atoms with van der Waals surface area (Å²) in [6.45, 7) is 1.87. The van der Waals surface area contributed by atoms with Crippen molar-refractivity contribution in [3.63, 3.8) is 0 Å². The molecule has 9 heteroatoms. The van der Waals surface area contributed by atoms with Crippen molar-refractivity contribution in [1.82, 2.24) is 4.90 Å². The number of nitrogens with zero attached hydrogens (tertiary/aromatic N) is 1. The number of hydrogen-bond acceptors (Lipinski definition) is 7. The van der Waals surface area contributed by atoms with Gasteiger partial charge in [0.15, 0.2) is 15.6 Å². The topological polar surface area (TPSA) is 127 Å². The van der Waals surface area contributed by atoms with Crippen molar-refractivity contribution >= 4 is 32.9 Å². The summed E-state index contributed by atoms with van der Waals surface area (Å²) < 4.78 is 22.9. The number of rotatable bonds is 7. The van der Waals surface area contributed by atoms with Crippen molar-refractivity contribution in [3.8, 4) is 5.75 Å². The van der Waals surface area contributed by atoms with E-state index >= 15 is 0 Å². The fourth-order valence-corrected chi connectivity index (χ4v) is 3.76. The average molecular weight is 404 g/mol. The van der Waals surface area contributed by atoms with E-state index in [1.807, 2.05) is 0 Å². The van der Waals surface area contributed by atoms with Gasteiger partial charge in [-0.05, 0) is 44.3 Å². The van der Waals surface area contributed by atoms with Crippen LogP contribution < -0.4 is 11.5 Å². The molecule has 1 heterocycles. The molecule has 0 radical (unpaired) electrons. The second-order valence-electron chi connectivity index (χ2n) is 6.96. The molecule has 1 aliphatic heterocycles. The van der Waals surface area contributed by atoms with Crippen LogP contribution in [0.25, 0.3) is 0 Å². The van der Waals surface area contributed by atoms with Crippen molar-refractivity contribution < 1.29 is 18.3 Å². The molecular formula is C17H26ClN3O4S. The van der Waals surface area contributed by atoms with Crippen molar-refractivity contribution in [2.45, 2.75) is 31.1 Å². The highest BCUT2D eigenvalue weighted by molar-refractivity contribution is 7.91. The van der Waals surface area contributed by atoms with Gasteiger partial charge in [-0.15, -0.1) is 0 Å². The number of aromatic hydroxyl groups is 1. The lowest BCUT2D eigenvalue weighted by atomic mass is 9.90. The van der Waals surface area contributed by atoms with Gasteiger partial charge in [-0.3, -0.25) is 4.79 Å². The Balaban J connectivity index is 1.81. The molecule has 0 aliphatic carbocycles. The molecule has 1 aliphatic rings. The molecule has 1 aromatic carbocycles. The van der Waals surface area contributed by atoms with Crippen molar-refractivity contribution in [1.29, 1.82) is 0 Å². The number of Topliss-reactive ketones (excluding diaryl/α,β-unsaturated/α-hetero) is 1. The van der Waals surface area contributed by atoms with E-state index in [0.29, 0.717) is 25.3 Å². The predicted octanol–water partition coefficient (Wildman–Crippen LogP) is 1.63. The highest BCUT2D eigenvalue weighted by Crippen LogP contribution is 2.30. The van der Waals surface area contributed by atoms with E-state index < -0.39 is 15.2 Å². The van der Waals surface area contributed by atoms with Gasteiger partial charge in [0.05, 0.1) is 16.3 Å². The first-order valence-corrected chi connectivity index (χ1v) is 10.9. The first kappa shape index (κ1) is 21.0. The van der Waals surface area contributed by atoms with Crippen LogP contribution in [0.5, 0.6) is 5.75 Å². The van der Waals surface area contributed by atoms with Crippen LogP contribution in [0.1, 0.15) is 36.0 Å². The molecule has 146 valence electrons. The van der Waals surface area contributed by atoms with Crippen molar-refractivity contribution in [2.24, 2.45) is 11.7 Å². The Morgan fingerprint density at radius 3 is 2.58 bits per heavy atom. The molecule has 0 spiro atoms. The number of likely N-dealkylation sites (tertiary alicyclic amines) is 1. The first-order valence-electron chi connectivity index (χ1n) is 8.56. The zero-order valence-electron chi connectivity index (χ0n) is 14.8. The number of anilines is 1. The maximum Gasteiger partial charge on any atom is 0.166 e. The monoisotopic (exact) mass is 403 g/mol. The number of phenols is 1. The molecular weight excluding hydrogens is 378 g/mol. The number of hydrogen-bond donors (Lipinski definition) is 3. The summed E-state index contributed by atoms with van der Waals surface area (Å²) in [6, 6.07) is 2.70. The smallest absolute Gasteiger partial charge is 0.166 e. The van der Waals surface area contributed by atoms with Gasteiger partial charge in [-0.2, -0.15) is 0 Å². The molecule has 7 nitrogen and oxygen atoms in total. The first-order chi connectivity index (χ1) is 12.1. The average Bonchev–Trinajstić information content (AvgIpc) is 2.56. The van der Waals surface area contributed by atoms with E-state index in [1.54, 1.807) is 0 Å². The SMILES string of the molecule is CS(=O)(=O)C(N)CN1CCC(CCC(=O)c2cc(Cl)c(N)cc2O)CC1. The molecule has 0 aromatic heterocycles. The Kier molecular flexibility index (Phi) is 6.90. The minimum Gasteiger partial charge on any atom is -0.507 e.